The van der Waals surface area contributed by atoms with Gasteiger partial charge in [0.1, 0.15) is 0 Å². The number of H-pyrrole nitrogens is 1. The first-order chi connectivity index (χ1) is 13.7. The van der Waals surface area contributed by atoms with Crippen molar-refractivity contribution in [1.82, 2.24) is 15.3 Å². The van der Waals surface area contributed by atoms with Gasteiger partial charge in [-0.1, -0.05) is 48.0 Å². The molecule has 4 rings (SSSR count). The van der Waals surface area contributed by atoms with E-state index in [0.29, 0.717) is 18.0 Å². The first-order valence-corrected chi connectivity index (χ1v) is 9.56. The fourth-order valence-corrected chi connectivity index (χ4v) is 3.75. The number of para-hydroxylation sites is 1. The van der Waals surface area contributed by atoms with Gasteiger partial charge in [0.2, 0.25) is 5.91 Å². The molecule has 2 heterocycles. The van der Waals surface area contributed by atoms with Crippen LogP contribution in [0.3, 0.4) is 0 Å². The molecule has 0 saturated heterocycles. The minimum atomic E-state index is -0.137. The second kappa shape index (κ2) is 8.28. The van der Waals surface area contributed by atoms with Gasteiger partial charge in [0.25, 0.3) is 0 Å². The summed E-state index contributed by atoms with van der Waals surface area (Å²) in [5.41, 5.74) is 4.09. The topological polar surface area (TPSA) is 57.8 Å². The van der Waals surface area contributed by atoms with Crippen molar-refractivity contribution in [3.05, 3.63) is 101 Å². The molecule has 0 saturated carbocycles. The highest BCUT2D eigenvalue weighted by molar-refractivity contribution is 6.31. The molecule has 0 aliphatic carbocycles. The lowest BCUT2D eigenvalue weighted by Gasteiger charge is -2.18. The van der Waals surface area contributed by atoms with E-state index in [9.17, 15) is 4.79 Å². The van der Waals surface area contributed by atoms with Crippen molar-refractivity contribution in [2.75, 3.05) is 0 Å². The van der Waals surface area contributed by atoms with Crippen LogP contribution in [0.5, 0.6) is 0 Å². The molecule has 1 unspecified atom stereocenters. The smallest absolute Gasteiger partial charge is 0.221 e. The number of carbonyl (C=O) groups is 1. The highest BCUT2D eigenvalue weighted by Gasteiger charge is 2.23. The summed E-state index contributed by atoms with van der Waals surface area (Å²) in [5.74, 6) is -0.158. The summed E-state index contributed by atoms with van der Waals surface area (Å²) in [5, 5.41) is 4.78. The molecule has 140 valence electrons. The number of halogens is 1. The monoisotopic (exact) mass is 389 g/mol. The van der Waals surface area contributed by atoms with E-state index in [-0.39, 0.29) is 11.8 Å². The van der Waals surface area contributed by atoms with E-state index >= 15 is 0 Å². The number of nitrogens with zero attached hydrogens (tertiary/aromatic N) is 1. The zero-order valence-corrected chi connectivity index (χ0v) is 16.0. The van der Waals surface area contributed by atoms with Gasteiger partial charge in [-0.15, -0.1) is 0 Å². The molecule has 2 aromatic heterocycles. The van der Waals surface area contributed by atoms with Crippen LogP contribution < -0.4 is 5.32 Å². The molecule has 28 heavy (non-hydrogen) atoms. The predicted molar refractivity (Wildman–Crippen MR) is 112 cm³/mol. The van der Waals surface area contributed by atoms with E-state index in [1.165, 1.54) is 0 Å². The lowest BCUT2D eigenvalue weighted by molar-refractivity contribution is -0.121. The fraction of sp³-hybridized carbons (Fsp3) is 0.130. The van der Waals surface area contributed by atoms with Crippen molar-refractivity contribution < 1.29 is 4.79 Å². The molecule has 1 amide bonds. The Morgan fingerprint density at radius 1 is 1.00 bits per heavy atom. The van der Waals surface area contributed by atoms with Crippen LogP contribution in [0.15, 0.2) is 79.3 Å². The lowest BCUT2D eigenvalue weighted by atomic mass is 9.88. The first-order valence-electron chi connectivity index (χ1n) is 9.18. The van der Waals surface area contributed by atoms with Crippen molar-refractivity contribution in [2.45, 2.75) is 18.9 Å². The van der Waals surface area contributed by atoms with Crippen LogP contribution in [0.2, 0.25) is 5.02 Å². The maximum atomic E-state index is 12.8. The Labute approximate surface area is 168 Å². The van der Waals surface area contributed by atoms with Gasteiger partial charge in [-0.25, -0.2) is 0 Å². The average molecular weight is 390 g/mol. The van der Waals surface area contributed by atoms with Crippen LogP contribution in [-0.2, 0) is 11.3 Å². The summed E-state index contributed by atoms with van der Waals surface area (Å²) in [6.45, 7) is 0.477. The molecule has 4 nitrogen and oxygen atoms in total. The number of nitrogens with one attached hydrogen (secondary N) is 2. The molecule has 2 aromatic carbocycles. The number of pyridine rings is 1. The summed E-state index contributed by atoms with van der Waals surface area (Å²) in [6, 6.07) is 19.6. The maximum Gasteiger partial charge on any atom is 0.221 e. The molecule has 0 bridgehead atoms. The predicted octanol–water partition coefficient (Wildman–Crippen LogP) is 5.05. The number of benzene rings is 2. The molecule has 0 fully saturated rings. The Bertz CT molecular complexity index is 1090. The largest absolute Gasteiger partial charge is 0.361 e. The fourth-order valence-electron chi connectivity index (χ4n) is 3.49. The third-order valence-corrected chi connectivity index (χ3v) is 5.25. The van der Waals surface area contributed by atoms with Crippen LogP contribution in [0.1, 0.15) is 29.0 Å². The lowest BCUT2D eigenvalue weighted by Crippen LogP contribution is -2.25. The van der Waals surface area contributed by atoms with Crippen molar-refractivity contribution >= 4 is 28.4 Å². The zero-order valence-electron chi connectivity index (χ0n) is 15.2. The number of hydrogen-bond acceptors (Lipinski definition) is 2. The van der Waals surface area contributed by atoms with Crippen molar-refractivity contribution in [1.29, 1.82) is 0 Å². The second-order valence-corrected chi connectivity index (χ2v) is 7.11. The van der Waals surface area contributed by atoms with Crippen LogP contribution in [0.4, 0.5) is 0 Å². The summed E-state index contributed by atoms with van der Waals surface area (Å²) in [6.07, 6.45) is 5.74. The van der Waals surface area contributed by atoms with E-state index in [2.05, 4.69) is 21.4 Å². The van der Waals surface area contributed by atoms with Gasteiger partial charge < -0.3 is 10.3 Å². The first kappa shape index (κ1) is 18.3. The number of amides is 1. The molecular formula is C23H20ClN3O. The Morgan fingerprint density at radius 2 is 1.75 bits per heavy atom. The van der Waals surface area contributed by atoms with Gasteiger partial charge in [0.15, 0.2) is 0 Å². The van der Waals surface area contributed by atoms with E-state index in [4.69, 9.17) is 11.6 Å². The van der Waals surface area contributed by atoms with Gasteiger partial charge in [-0.05, 0) is 41.0 Å². The quantitative estimate of drug-likeness (QED) is 0.484. The van der Waals surface area contributed by atoms with Crippen LogP contribution in [0.25, 0.3) is 10.9 Å². The van der Waals surface area contributed by atoms with Crippen LogP contribution >= 0.6 is 11.6 Å². The third-order valence-electron chi connectivity index (χ3n) is 4.91. The highest BCUT2D eigenvalue weighted by Crippen LogP contribution is 2.36. The van der Waals surface area contributed by atoms with E-state index in [1.54, 1.807) is 12.4 Å². The summed E-state index contributed by atoms with van der Waals surface area (Å²) >= 11 is 6.49. The van der Waals surface area contributed by atoms with Gasteiger partial charge in [-0.2, -0.15) is 0 Å². The molecule has 0 radical (unpaired) electrons. The Hall–Kier alpha value is -3.11. The summed E-state index contributed by atoms with van der Waals surface area (Å²) in [4.78, 5) is 20.1. The molecule has 0 aliphatic heterocycles. The number of fused-ring (bicyclic) bond motifs is 1. The van der Waals surface area contributed by atoms with Gasteiger partial charge >= 0.3 is 0 Å². The maximum absolute atomic E-state index is 12.8. The molecule has 2 N–H and O–H groups in total. The minimum absolute atomic E-state index is 0.0213. The van der Waals surface area contributed by atoms with Gasteiger partial charge in [0.05, 0.1) is 0 Å². The number of aromatic amines is 1. The Morgan fingerprint density at radius 3 is 2.57 bits per heavy atom. The highest BCUT2D eigenvalue weighted by atomic mass is 35.5. The van der Waals surface area contributed by atoms with Crippen molar-refractivity contribution in [3.8, 4) is 0 Å². The van der Waals surface area contributed by atoms with Crippen LogP contribution in [0, 0.1) is 0 Å². The van der Waals surface area contributed by atoms with Crippen molar-refractivity contribution in [2.24, 2.45) is 0 Å². The Balaban J connectivity index is 1.62. The molecule has 4 aromatic rings. The van der Waals surface area contributed by atoms with E-state index in [0.717, 1.165) is 27.6 Å². The average Bonchev–Trinajstić information content (AvgIpc) is 3.16. The Kier molecular flexibility index (Phi) is 5.40. The van der Waals surface area contributed by atoms with Crippen LogP contribution in [-0.4, -0.2) is 15.9 Å². The zero-order chi connectivity index (χ0) is 19.3. The number of rotatable bonds is 6. The normalized spacial score (nSPS) is 12.0. The van der Waals surface area contributed by atoms with E-state index in [1.807, 2.05) is 60.8 Å². The number of carbonyl (C=O) groups excluding carboxylic acids is 1. The van der Waals surface area contributed by atoms with Gasteiger partial charge in [-0.3, -0.25) is 9.78 Å². The standard InChI is InChI=1S/C23H20ClN3O/c24-21-7-3-1-5-17(21)19(20-15-26-22-8-4-2-6-18(20)22)13-23(28)27-14-16-9-11-25-12-10-16/h1-12,15,19,26H,13-14H2,(H,27,28). The molecule has 5 heteroatoms. The molecule has 0 aliphatic rings. The third kappa shape index (κ3) is 3.92. The number of aromatic nitrogens is 2. The van der Waals surface area contributed by atoms with E-state index < -0.39 is 0 Å². The molecular weight excluding hydrogens is 370 g/mol. The number of hydrogen-bond donors (Lipinski definition) is 2. The second-order valence-electron chi connectivity index (χ2n) is 6.70. The molecule has 0 spiro atoms. The summed E-state index contributed by atoms with van der Waals surface area (Å²) < 4.78 is 0. The minimum Gasteiger partial charge on any atom is -0.361 e. The molecule has 1 atom stereocenters. The SMILES string of the molecule is O=C(CC(c1ccccc1Cl)c1c[nH]c2ccccc12)NCc1ccncc1. The summed E-state index contributed by atoms with van der Waals surface area (Å²) in [7, 11) is 0. The van der Waals surface area contributed by atoms with Gasteiger partial charge in [0, 0.05) is 53.4 Å². The van der Waals surface area contributed by atoms with Crippen molar-refractivity contribution in [3.63, 3.8) is 0 Å².